The van der Waals surface area contributed by atoms with Crippen molar-refractivity contribution in [3.05, 3.63) is 11.3 Å². The zero-order chi connectivity index (χ0) is 7.84. The average molecular weight is 154 g/mol. The van der Waals surface area contributed by atoms with E-state index >= 15 is 0 Å². The van der Waals surface area contributed by atoms with Crippen LogP contribution in [0.3, 0.4) is 0 Å². The molecule has 0 saturated carbocycles. The summed E-state index contributed by atoms with van der Waals surface area (Å²) in [6.45, 7) is 0.895. The minimum Gasteiger partial charge on any atom is -0.372 e. The number of ether oxygens (including phenoxy) is 1. The standard InChI is InChI=1S/C6H6N2O3/c9-5-4(3-1-11-2-3)7-6(10)8-5/h1-2H2,(H2,7,8,9,10). The lowest BCUT2D eigenvalue weighted by Crippen LogP contribution is -2.25. The number of amides is 3. The molecule has 2 rings (SSSR count). The molecule has 2 heterocycles. The van der Waals surface area contributed by atoms with E-state index in [0.717, 1.165) is 5.57 Å². The molecule has 5 nitrogen and oxygen atoms in total. The molecule has 0 unspecified atom stereocenters. The molecule has 2 N–H and O–H groups in total. The van der Waals surface area contributed by atoms with Crippen LogP contribution in [0, 0.1) is 0 Å². The number of carbonyl (C=O) groups excluding carboxylic acids is 2. The van der Waals surface area contributed by atoms with E-state index in [2.05, 4.69) is 10.6 Å². The van der Waals surface area contributed by atoms with E-state index < -0.39 is 6.03 Å². The van der Waals surface area contributed by atoms with E-state index in [9.17, 15) is 9.59 Å². The molecule has 11 heavy (non-hydrogen) atoms. The third kappa shape index (κ3) is 0.894. The number of hydrogen-bond donors (Lipinski definition) is 2. The lowest BCUT2D eigenvalue weighted by molar-refractivity contribution is -0.116. The second-order valence-electron chi connectivity index (χ2n) is 2.38. The first-order valence-corrected chi connectivity index (χ1v) is 3.19. The van der Waals surface area contributed by atoms with Crippen molar-refractivity contribution in [1.82, 2.24) is 10.6 Å². The number of carbonyl (C=O) groups is 2. The zero-order valence-electron chi connectivity index (χ0n) is 5.64. The quantitative estimate of drug-likeness (QED) is 0.351. The van der Waals surface area contributed by atoms with E-state index in [-0.39, 0.29) is 5.91 Å². The molecule has 0 radical (unpaired) electrons. The first-order valence-electron chi connectivity index (χ1n) is 3.19. The average Bonchev–Trinajstić information content (AvgIpc) is 2.07. The van der Waals surface area contributed by atoms with Crippen LogP contribution in [0.25, 0.3) is 0 Å². The SMILES string of the molecule is O=C1NC(=O)C(=C2COC2)N1. The second kappa shape index (κ2) is 2.06. The molecule has 0 aromatic rings. The van der Waals surface area contributed by atoms with Crippen molar-refractivity contribution >= 4 is 11.9 Å². The van der Waals surface area contributed by atoms with Crippen LogP contribution >= 0.6 is 0 Å². The smallest absolute Gasteiger partial charge is 0.326 e. The van der Waals surface area contributed by atoms with Gasteiger partial charge in [-0.05, 0) is 0 Å². The predicted molar refractivity (Wildman–Crippen MR) is 34.5 cm³/mol. The summed E-state index contributed by atoms with van der Waals surface area (Å²) in [7, 11) is 0. The fraction of sp³-hybridized carbons (Fsp3) is 0.333. The van der Waals surface area contributed by atoms with Gasteiger partial charge in [-0.3, -0.25) is 10.1 Å². The molecule has 2 saturated heterocycles. The van der Waals surface area contributed by atoms with Crippen molar-refractivity contribution in [2.45, 2.75) is 0 Å². The van der Waals surface area contributed by atoms with E-state index in [1.165, 1.54) is 0 Å². The van der Waals surface area contributed by atoms with Gasteiger partial charge in [-0.25, -0.2) is 4.79 Å². The highest BCUT2D eigenvalue weighted by Crippen LogP contribution is 2.14. The molecule has 0 aliphatic carbocycles. The summed E-state index contributed by atoms with van der Waals surface area (Å²) in [5.41, 5.74) is 1.22. The van der Waals surface area contributed by atoms with Crippen molar-refractivity contribution in [3.63, 3.8) is 0 Å². The molecule has 0 aromatic heterocycles. The molecule has 58 valence electrons. The Kier molecular flexibility index (Phi) is 1.19. The first-order chi connectivity index (χ1) is 5.27. The Hall–Kier alpha value is -1.36. The van der Waals surface area contributed by atoms with Gasteiger partial charge in [0.2, 0.25) is 0 Å². The van der Waals surface area contributed by atoms with Crippen molar-refractivity contribution in [3.8, 4) is 0 Å². The van der Waals surface area contributed by atoms with Gasteiger partial charge in [-0.15, -0.1) is 0 Å². The summed E-state index contributed by atoms with van der Waals surface area (Å²) in [6, 6.07) is -0.454. The number of urea groups is 1. The van der Waals surface area contributed by atoms with Gasteiger partial charge in [0.1, 0.15) is 5.70 Å². The molecule has 2 aliphatic rings. The molecule has 0 spiro atoms. The minimum atomic E-state index is -0.454. The Morgan fingerprint density at radius 1 is 1.18 bits per heavy atom. The number of hydrogen-bond acceptors (Lipinski definition) is 3. The molecule has 0 aromatic carbocycles. The highest BCUT2D eigenvalue weighted by atomic mass is 16.5. The maximum atomic E-state index is 10.9. The topological polar surface area (TPSA) is 67.4 Å². The first kappa shape index (κ1) is 6.36. The number of nitrogens with one attached hydrogen (secondary N) is 2. The number of imide groups is 1. The second-order valence-corrected chi connectivity index (χ2v) is 2.38. The van der Waals surface area contributed by atoms with Gasteiger partial charge in [-0.1, -0.05) is 0 Å². The Bertz CT molecular complexity index is 263. The molecular weight excluding hydrogens is 148 g/mol. The van der Waals surface area contributed by atoms with Crippen molar-refractivity contribution in [2.24, 2.45) is 0 Å². The van der Waals surface area contributed by atoms with Crippen molar-refractivity contribution in [2.75, 3.05) is 13.2 Å². The van der Waals surface area contributed by atoms with Crippen LogP contribution < -0.4 is 10.6 Å². The lowest BCUT2D eigenvalue weighted by atomic mass is 10.2. The van der Waals surface area contributed by atoms with E-state index in [4.69, 9.17) is 4.74 Å². The van der Waals surface area contributed by atoms with Crippen LogP contribution in [0.5, 0.6) is 0 Å². The molecule has 0 bridgehead atoms. The Balaban J connectivity index is 2.27. The maximum Gasteiger partial charge on any atom is 0.326 e. The molecular formula is C6H6N2O3. The van der Waals surface area contributed by atoms with E-state index in [1.54, 1.807) is 0 Å². The fourth-order valence-corrected chi connectivity index (χ4v) is 0.965. The summed E-state index contributed by atoms with van der Waals surface area (Å²) >= 11 is 0. The molecule has 3 amide bonds. The van der Waals surface area contributed by atoms with Crippen molar-refractivity contribution in [1.29, 1.82) is 0 Å². The minimum absolute atomic E-state index is 0.353. The van der Waals surface area contributed by atoms with E-state index in [0.29, 0.717) is 18.9 Å². The van der Waals surface area contributed by atoms with Gasteiger partial charge in [0.25, 0.3) is 5.91 Å². The molecule has 2 aliphatic heterocycles. The summed E-state index contributed by atoms with van der Waals surface area (Å²) in [5.74, 6) is -0.353. The summed E-state index contributed by atoms with van der Waals surface area (Å²) in [6.07, 6.45) is 0. The Labute approximate surface area is 62.4 Å². The summed E-state index contributed by atoms with van der Waals surface area (Å²) < 4.78 is 4.84. The number of rotatable bonds is 0. The third-order valence-electron chi connectivity index (χ3n) is 1.60. The summed E-state index contributed by atoms with van der Waals surface area (Å²) in [4.78, 5) is 21.5. The monoisotopic (exact) mass is 154 g/mol. The highest BCUT2D eigenvalue weighted by Gasteiger charge is 2.28. The highest BCUT2D eigenvalue weighted by molar-refractivity contribution is 6.12. The van der Waals surface area contributed by atoms with Gasteiger partial charge in [-0.2, -0.15) is 0 Å². The van der Waals surface area contributed by atoms with Gasteiger partial charge in [0, 0.05) is 5.57 Å². The van der Waals surface area contributed by atoms with Crippen LogP contribution in [-0.4, -0.2) is 25.2 Å². The van der Waals surface area contributed by atoms with Crippen LogP contribution in [0.4, 0.5) is 4.79 Å². The zero-order valence-corrected chi connectivity index (χ0v) is 5.64. The van der Waals surface area contributed by atoms with Gasteiger partial charge in [0.05, 0.1) is 13.2 Å². The van der Waals surface area contributed by atoms with Crippen LogP contribution in [0.1, 0.15) is 0 Å². The molecule has 2 fully saturated rings. The predicted octanol–water partition coefficient (Wildman–Crippen LogP) is -0.890. The Morgan fingerprint density at radius 2 is 1.91 bits per heavy atom. The Morgan fingerprint density at radius 3 is 2.27 bits per heavy atom. The van der Waals surface area contributed by atoms with Gasteiger partial charge >= 0.3 is 6.03 Å². The lowest BCUT2D eigenvalue weighted by Gasteiger charge is -2.18. The fourth-order valence-electron chi connectivity index (χ4n) is 0.965. The van der Waals surface area contributed by atoms with Crippen LogP contribution in [0.15, 0.2) is 11.3 Å². The summed E-state index contributed by atoms with van der Waals surface area (Å²) in [5, 5.41) is 4.52. The molecule has 5 heteroatoms. The maximum absolute atomic E-state index is 10.9. The van der Waals surface area contributed by atoms with Crippen LogP contribution in [0.2, 0.25) is 0 Å². The molecule has 0 atom stereocenters. The van der Waals surface area contributed by atoms with E-state index in [1.807, 2.05) is 0 Å². The normalized spacial score (nSPS) is 22.9. The third-order valence-corrected chi connectivity index (χ3v) is 1.60. The largest absolute Gasteiger partial charge is 0.372 e. The van der Waals surface area contributed by atoms with Gasteiger partial charge in [0.15, 0.2) is 0 Å². The van der Waals surface area contributed by atoms with Crippen LogP contribution in [-0.2, 0) is 9.53 Å². The van der Waals surface area contributed by atoms with Crippen molar-refractivity contribution < 1.29 is 14.3 Å². The van der Waals surface area contributed by atoms with Gasteiger partial charge < -0.3 is 10.1 Å².